The summed E-state index contributed by atoms with van der Waals surface area (Å²) in [5.41, 5.74) is -1.66. The van der Waals surface area contributed by atoms with Gasteiger partial charge in [0.05, 0.1) is 27.4 Å². The van der Waals surface area contributed by atoms with Crippen LogP contribution in [-0.4, -0.2) is 20.3 Å². The number of aromatic nitrogens is 3. The number of anilines is 1. The Morgan fingerprint density at radius 2 is 1.96 bits per heavy atom. The van der Waals surface area contributed by atoms with Crippen LogP contribution in [0.4, 0.5) is 18.9 Å². The summed E-state index contributed by atoms with van der Waals surface area (Å²) in [6.07, 6.45) is -4.72. The van der Waals surface area contributed by atoms with E-state index in [1.54, 1.807) is 24.3 Å². The minimum atomic E-state index is -4.72. The SMILES string of the molecule is Cc1nn(C)c2c1c(C(F)(F)F)cc(=O)n2CC(=O)Nc1ccccc1Cl. The van der Waals surface area contributed by atoms with E-state index in [4.69, 9.17) is 11.6 Å². The van der Waals surface area contributed by atoms with Gasteiger partial charge in [-0.3, -0.25) is 18.8 Å². The Kier molecular flexibility index (Phi) is 4.73. The van der Waals surface area contributed by atoms with Gasteiger partial charge in [0.15, 0.2) is 0 Å². The summed E-state index contributed by atoms with van der Waals surface area (Å²) in [6.45, 7) is 0.924. The predicted octanol–water partition coefficient (Wildman–Crippen LogP) is 3.35. The van der Waals surface area contributed by atoms with Crippen molar-refractivity contribution < 1.29 is 18.0 Å². The number of carbonyl (C=O) groups is 1. The van der Waals surface area contributed by atoms with E-state index in [1.807, 2.05) is 0 Å². The summed E-state index contributed by atoms with van der Waals surface area (Å²) in [5.74, 6) is -0.606. The fourth-order valence-corrected chi connectivity index (χ4v) is 3.10. The van der Waals surface area contributed by atoms with E-state index < -0.39 is 29.8 Å². The number of nitrogens with zero attached hydrogens (tertiary/aromatic N) is 3. The van der Waals surface area contributed by atoms with Gasteiger partial charge in [0, 0.05) is 13.1 Å². The summed E-state index contributed by atoms with van der Waals surface area (Å²) in [7, 11) is 1.41. The van der Waals surface area contributed by atoms with Crippen molar-refractivity contribution in [3.63, 3.8) is 0 Å². The monoisotopic (exact) mass is 398 g/mol. The van der Waals surface area contributed by atoms with Crippen molar-refractivity contribution in [1.82, 2.24) is 14.3 Å². The third-order valence-electron chi connectivity index (χ3n) is 4.01. The number of hydrogen-bond acceptors (Lipinski definition) is 3. The fraction of sp³-hybridized carbons (Fsp3) is 0.235. The lowest BCUT2D eigenvalue weighted by Crippen LogP contribution is -2.30. The molecule has 10 heteroatoms. The van der Waals surface area contributed by atoms with Crippen LogP contribution in [-0.2, 0) is 24.6 Å². The van der Waals surface area contributed by atoms with Gasteiger partial charge < -0.3 is 5.32 Å². The summed E-state index contributed by atoms with van der Waals surface area (Å²) < 4.78 is 42.1. The van der Waals surface area contributed by atoms with Crippen LogP contribution >= 0.6 is 11.6 Å². The molecule has 1 aromatic carbocycles. The zero-order valence-electron chi connectivity index (χ0n) is 14.3. The van der Waals surface area contributed by atoms with Gasteiger partial charge in [-0.1, -0.05) is 23.7 Å². The first-order valence-electron chi connectivity index (χ1n) is 7.78. The van der Waals surface area contributed by atoms with Crippen LogP contribution in [0.15, 0.2) is 35.1 Å². The van der Waals surface area contributed by atoms with Gasteiger partial charge in [0.1, 0.15) is 12.2 Å². The van der Waals surface area contributed by atoms with Crippen LogP contribution in [0.25, 0.3) is 11.0 Å². The molecule has 3 aromatic rings. The molecule has 0 atom stereocenters. The highest BCUT2D eigenvalue weighted by Gasteiger charge is 2.36. The molecule has 0 unspecified atom stereocenters. The zero-order valence-corrected chi connectivity index (χ0v) is 15.0. The normalized spacial score (nSPS) is 11.8. The summed E-state index contributed by atoms with van der Waals surface area (Å²) in [6, 6.07) is 6.97. The average molecular weight is 399 g/mol. The molecule has 2 heterocycles. The number of fused-ring (bicyclic) bond motifs is 1. The maximum atomic E-state index is 13.3. The van der Waals surface area contributed by atoms with Crippen molar-refractivity contribution in [2.75, 3.05) is 5.32 Å². The van der Waals surface area contributed by atoms with Crippen molar-refractivity contribution in [1.29, 1.82) is 0 Å². The maximum absolute atomic E-state index is 13.3. The second-order valence-electron chi connectivity index (χ2n) is 5.92. The van der Waals surface area contributed by atoms with E-state index in [0.29, 0.717) is 16.8 Å². The second-order valence-corrected chi connectivity index (χ2v) is 6.32. The van der Waals surface area contributed by atoms with Crippen LogP contribution in [0, 0.1) is 6.92 Å². The molecule has 1 amide bonds. The molecule has 142 valence electrons. The van der Waals surface area contributed by atoms with E-state index in [1.165, 1.54) is 14.0 Å². The van der Waals surface area contributed by atoms with Crippen molar-refractivity contribution in [3.8, 4) is 0 Å². The van der Waals surface area contributed by atoms with Crippen LogP contribution in [0.2, 0.25) is 5.02 Å². The zero-order chi connectivity index (χ0) is 19.9. The Morgan fingerprint density at radius 1 is 1.30 bits per heavy atom. The lowest BCUT2D eigenvalue weighted by molar-refractivity contribution is -0.136. The Bertz CT molecular complexity index is 1100. The molecule has 0 saturated carbocycles. The Balaban J connectivity index is 2.08. The summed E-state index contributed by atoms with van der Waals surface area (Å²) >= 11 is 5.97. The first-order chi connectivity index (χ1) is 12.6. The number of hydrogen-bond donors (Lipinski definition) is 1. The molecular formula is C17H14ClF3N4O2. The predicted molar refractivity (Wildman–Crippen MR) is 94.8 cm³/mol. The Labute approximate surface area is 156 Å². The van der Waals surface area contributed by atoms with Gasteiger partial charge in [-0.05, 0) is 19.1 Å². The number of amides is 1. The smallest absolute Gasteiger partial charge is 0.323 e. The van der Waals surface area contributed by atoms with Crippen molar-refractivity contribution in [3.05, 3.63) is 57.0 Å². The molecule has 0 saturated heterocycles. The average Bonchev–Trinajstić information content (AvgIpc) is 2.85. The molecule has 2 aromatic heterocycles. The quantitative estimate of drug-likeness (QED) is 0.735. The Hall–Kier alpha value is -2.81. The molecule has 0 bridgehead atoms. The van der Waals surface area contributed by atoms with Gasteiger partial charge in [-0.25, -0.2) is 0 Å². The number of pyridine rings is 1. The molecule has 0 spiro atoms. The number of benzene rings is 1. The summed E-state index contributed by atoms with van der Waals surface area (Å²) in [4.78, 5) is 24.7. The van der Waals surface area contributed by atoms with E-state index in [2.05, 4.69) is 10.4 Å². The molecule has 0 aliphatic heterocycles. The molecule has 0 aliphatic rings. The Morgan fingerprint density at radius 3 is 2.59 bits per heavy atom. The van der Waals surface area contributed by atoms with Crippen molar-refractivity contribution in [2.45, 2.75) is 19.6 Å². The third-order valence-corrected chi connectivity index (χ3v) is 4.34. The molecule has 0 fully saturated rings. The van der Waals surface area contributed by atoms with Gasteiger partial charge in [0.25, 0.3) is 5.56 Å². The highest BCUT2D eigenvalue weighted by molar-refractivity contribution is 6.33. The highest BCUT2D eigenvalue weighted by Crippen LogP contribution is 2.35. The van der Waals surface area contributed by atoms with Crippen LogP contribution in [0.5, 0.6) is 0 Å². The number of para-hydroxylation sites is 1. The highest BCUT2D eigenvalue weighted by atomic mass is 35.5. The molecule has 27 heavy (non-hydrogen) atoms. The third kappa shape index (κ3) is 3.55. The molecule has 0 aliphatic carbocycles. The fourth-order valence-electron chi connectivity index (χ4n) is 2.92. The number of aryl methyl sites for hydroxylation is 2. The number of nitrogens with one attached hydrogen (secondary N) is 1. The largest absolute Gasteiger partial charge is 0.417 e. The number of halogens is 4. The standard InChI is InChI=1S/C17H14ClF3N4O2/c1-9-15-10(17(19,20)21)7-14(27)25(16(15)24(2)23-9)8-13(26)22-12-6-4-3-5-11(12)18/h3-7H,8H2,1-2H3,(H,22,26). The van der Waals surface area contributed by atoms with Gasteiger partial charge in [-0.15, -0.1) is 0 Å². The molecule has 0 radical (unpaired) electrons. The molecule has 1 N–H and O–H groups in total. The summed E-state index contributed by atoms with van der Waals surface area (Å²) in [5, 5.41) is 6.60. The lowest BCUT2D eigenvalue weighted by Gasteiger charge is -2.14. The second kappa shape index (κ2) is 6.73. The van der Waals surface area contributed by atoms with Crippen molar-refractivity contribution >= 4 is 34.2 Å². The molecule has 6 nitrogen and oxygen atoms in total. The topological polar surface area (TPSA) is 68.9 Å². The minimum absolute atomic E-state index is 0.0818. The van der Waals surface area contributed by atoms with Gasteiger partial charge in [0.2, 0.25) is 5.91 Å². The van der Waals surface area contributed by atoms with Crippen LogP contribution < -0.4 is 10.9 Å². The first-order valence-corrected chi connectivity index (χ1v) is 8.16. The number of rotatable bonds is 3. The lowest BCUT2D eigenvalue weighted by atomic mass is 10.1. The van der Waals surface area contributed by atoms with E-state index in [0.717, 1.165) is 9.25 Å². The van der Waals surface area contributed by atoms with E-state index in [-0.39, 0.29) is 16.7 Å². The first kappa shape index (κ1) is 19.0. The van der Waals surface area contributed by atoms with Crippen molar-refractivity contribution in [2.24, 2.45) is 7.05 Å². The molecule has 3 rings (SSSR count). The number of alkyl halides is 3. The van der Waals surface area contributed by atoms with E-state index >= 15 is 0 Å². The van der Waals surface area contributed by atoms with Gasteiger partial charge in [-0.2, -0.15) is 18.3 Å². The van der Waals surface area contributed by atoms with Crippen LogP contribution in [0.3, 0.4) is 0 Å². The van der Waals surface area contributed by atoms with E-state index in [9.17, 15) is 22.8 Å². The molecular weight excluding hydrogens is 385 g/mol. The van der Waals surface area contributed by atoms with Gasteiger partial charge >= 0.3 is 6.18 Å². The maximum Gasteiger partial charge on any atom is 0.417 e. The van der Waals surface area contributed by atoms with Crippen LogP contribution in [0.1, 0.15) is 11.3 Å². The number of carbonyl (C=O) groups excluding carboxylic acids is 1. The minimum Gasteiger partial charge on any atom is -0.323 e.